The second-order valence-corrected chi connectivity index (χ2v) is 4.82. The van der Waals surface area contributed by atoms with Gasteiger partial charge in [0.05, 0.1) is 0 Å². The zero-order valence-corrected chi connectivity index (χ0v) is 10.2. The first-order valence-corrected chi connectivity index (χ1v) is 5.75. The van der Waals surface area contributed by atoms with E-state index in [-0.39, 0.29) is 5.54 Å². The minimum absolute atomic E-state index is 0.373. The van der Waals surface area contributed by atoms with Crippen LogP contribution in [0, 0.1) is 6.92 Å². The van der Waals surface area contributed by atoms with E-state index in [0.717, 1.165) is 6.42 Å². The Morgan fingerprint density at radius 1 is 1.31 bits per heavy atom. The number of rotatable bonds is 2. The van der Waals surface area contributed by atoms with Crippen molar-refractivity contribution in [2.24, 2.45) is 5.73 Å². The molecule has 0 saturated heterocycles. The van der Waals surface area contributed by atoms with Gasteiger partial charge in [0.15, 0.2) is 0 Å². The van der Waals surface area contributed by atoms with Gasteiger partial charge in [-0.3, -0.25) is 0 Å². The van der Waals surface area contributed by atoms with Crippen molar-refractivity contribution in [2.45, 2.75) is 25.8 Å². The van der Waals surface area contributed by atoms with Crippen LogP contribution >= 0.6 is 0 Å². The first-order valence-electron chi connectivity index (χ1n) is 5.75. The molecule has 0 aromatic heterocycles. The molecule has 0 saturated carbocycles. The van der Waals surface area contributed by atoms with E-state index in [9.17, 15) is 0 Å². The van der Waals surface area contributed by atoms with Crippen molar-refractivity contribution < 1.29 is 0 Å². The molecular formula is C14H16LiN. The Morgan fingerprint density at radius 3 is 2.56 bits per heavy atom. The summed E-state index contributed by atoms with van der Waals surface area (Å²) in [7, 11) is 0. The number of nitrogens with two attached hydrogens (primary N) is 1. The summed E-state index contributed by atoms with van der Waals surface area (Å²) in [6.45, 7) is 4.22. The van der Waals surface area contributed by atoms with Crippen LogP contribution in [0.2, 0.25) is 0 Å². The molecule has 0 amide bonds. The van der Waals surface area contributed by atoms with Gasteiger partial charge in [0.1, 0.15) is 0 Å². The number of aryl methyl sites for hydroxylation is 1. The molecule has 0 fully saturated rings. The van der Waals surface area contributed by atoms with E-state index in [1.54, 1.807) is 0 Å². The third-order valence-electron chi connectivity index (χ3n) is 3.43. The molecular weight excluding hydrogens is 189 g/mol. The van der Waals surface area contributed by atoms with Gasteiger partial charge in [0.25, 0.3) is 0 Å². The molecule has 1 unspecified atom stereocenters. The average molecular weight is 205 g/mol. The van der Waals surface area contributed by atoms with E-state index in [4.69, 9.17) is 5.73 Å². The van der Waals surface area contributed by atoms with E-state index < -0.39 is 0 Å². The van der Waals surface area contributed by atoms with Gasteiger partial charge in [-0.25, -0.2) is 0 Å². The monoisotopic (exact) mass is 205 g/mol. The van der Waals surface area contributed by atoms with Crippen LogP contribution in [0.15, 0.2) is 46.2 Å². The van der Waals surface area contributed by atoms with E-state index in [0.29, 0.717) is 0 Å². The third-order valence-corrected chi connectivity index (χ3v) is 3.43. The molecule has 0 aliphatic heterocycles. The van der Waals surface area contributed by atoms with E-state index in [1.807, 2.05) is 0 Å². The number of hydrogen-bond acceptors (Lipinski definition) is 1. The summed E-state index contributed by atoms with van der Waals surface area (Å²) >= 11 is 2.17. The summed E-state index contributed by atoms with van der Waals surface area (Å²) in [6.07, 6.45) is 5.39. The first-order chi connectivity index (χ1) is 7.53. The molecule has 16 heavy (non-hydrogen) atoms. The van der Waals surface area contributed by atoms with Crippen LogP contribution in [0.1, 0.15) is 24.5 Å². The molecule has 1 aromatic rings. The van der Waals surface area contributed by atoms with Crippen LogP contribution in [-0.2, 0) is 5.54 Å². The van der Waals surface area contributed by atoms with Gasteiger partial charge < -0.3 is 0 Å². The maximum atomic E-state index is 6.53. The maximum absolute atomic E-state index is 6.53. The van der Waals surface area contributed by atoms with E-state index >= 15 is 0 Å². The third kappa shape index (κ3) is 1.91. The summed E-state index contributed by atoms with van der Waals surface area (Å²) in [5, 5.41) is 0. The average Bonchev–Trinajstić information content (AvgIpc) is 2.65. The second kappa shape index (κ2) is 4.26. The Labute approximate surface area is 107 Å². The quantitative estimate of drug-likeness (QED) is 0.738. The zero-order chi connectivity index (χ0) is 11.8. The van der Waals surface area contributed by atoms with Gasteiger partial charge in [0.2, 0.25) is 0 Å². The van der Waals surface area contributed by atoms with Crippen molar-refractivity contribution in [2.75, 3.05) is 0 Å². The van der Waals surface area contributed by atoms with Gasteiger partial charge in [-0.05, 0) is 0 Å². The molecule has 2 rings (SSSR count). The van der Waals surface area contributed by atoms with Gasteiger partial charge in [-0.2, -0.15) is 0 Å². The van der Waals surface area contributed by atoms with Crippen molar-refractivity contribution in [1.82, 2.24) is 0 Å². The van der Waals surface area contributed by atoms with E-state index in [2.05, 4.69) is 68.0 Å². The van der Waals surface area contributed by atoms with Crippen molar-refractivity contribution in [3.63, 3.8) is 0 Å². The topological polar surface area (TPSA) is 26.0 Å². The summed E-state index contributed by atoms with van der Waals surface area (Å²) in [6, 6.07) is 8.36. The molecule has 0 radical (unpaired) electrons. The second-order valence-electron chi connectivity index (χ2n) is 4.82. The Balaban J connectivity index is 2.51. The van der Waals surface area contributed by atoms with Crippen molar-refractivity contribution >= 4 is 17.7 Å². The molecule has 2 heteroatoms. The van der Waals surface area contributed by atoms with Gasteiger partial charge in [0, 0.05) is 0 Å². The van der Waals surface area contributed by atoms with Crippen LogP contribution in [0.4, 0.5) is 0 Å². The van der Waals surface area contributed by atoms with Crippen LogP contribution in [0.3, 0.4) is 0 Å². The number of allylic oxidation sites excluding steroid dienone is 2. The Morgan fingerprint density at radius 2 is 2.00 bits per heavy atom. The number of benzene rings is 1. The fraction of sp³-hybridized carbons (Fsp3) is 0.286. The van der Waals surface area contributed by atoms with Gasteiger partial charge >= 0.3 is 107 Å². The summed E-state index contributed by atoms with van der Waals surface area (Å²) in [5.41, 5.74) is 9.89. The Kier molecular flexibility index (Phi) is 3.12. The molecule has 0 spiro atoms. The molecule has 1 aromatic carbocycles. The van der Waals surface area contributed by atoms with Gasteiger partial charge in [-0.15, -0.1) is 0 Å². The van der Waals surface area contributed by atoms with Crippen LogP contribution < -0.4 is 5.73 Å². The van der Waals surface area contributed by atoms with E-state index in [1.165, 1.54) is 20.9 Å². The minimum atomic E-state index is -0.373. The van der Waals surface area contributed by atoms with Crippen LogP contribution in [0.25, 0.3) is 0 Å². The van der Waals surface area contributed by atoms with Crippen molar-refractivity contribution in [3.05, 3.63) is 57.4 Å². The fourth-order valence-corrected chi connectivity index (χ4v) is 2.52. The number of hydrogen-bond donors (Lipinski definition) is 1. The SMILES string of the molecule is [Li][C]1=C(C(C)(N)c2ccccc2C)C=CC1. The molecule has 78 valence electrons. The molecule has 1 aliphatic carbocycles. The Bertz CT molecular complexity index is 469. The molecule has 0 bridgehead atoms. The summed E-state index contributed by atoms with van der Waals surface area (Å²) in [4.78, 5) is 0. The molecule has 1 atom stereocenters. The summed E-state index contributed by atoms with van der Waals surface area (Å²) in [5.74, 6) is 0. The molecule has 1 nitrogen and oxygen atoms in total. The molecule has 0 heterocycles. The standard InChI is InChI=1S/C14H16N.Li/c1-11-7-3-6-10-13(11)14(2,15)12-8-4-5-9-12;/h3-4,6-8,10H,5,15H2,1-2H3;. The predicted molar refractivity (Wildman–Crippen MR) is 69.3 cm³/mol. The summed E-state index contributed by atoms with van der Waals surface area (Å²) < 4.78 is 1.38. The van der Waals surface area contributed by atoms with Crippen LogP contribution in [0.5, 0.6) is 0 Å². The molecule has 1 aliphatic rings. The molecule has 2 N–H and O–H groups in total. The first kappa shape index (κ1) is 11.7. The van der Waals surface area contributed by atoms with Crippen LogP contribution in [-0.4, -0.2) is 17.7 Å². The Hall–Kier alpha value is -0.743. The van der Waals surface area contributed by atoms with Crippen molar-refractivity contribution in [1.29, 1.82) is 0 Å². The fourth-order valence-electron chi connectivity index (χ4n) is 2.52. The zero-order valence-electron chi connectivity index (χ0n) is 10.2. The van der Waals surface area contributed by atoms with Crippen molar-refractivity contribution in [3.8, 4) is 0 Å². The van der Waals surface area contributed by atoms with Gasteiger partial charge in [-0.1, -0.05) is 0 Å². The normalized spacial score (nSPS) is 19.1. The predicted octanol–water partition coefficient (Wildman–Crippen LogP) is 2.55.